The number of ether oxygens (including phenoxy) is 1. The Hall–Kier alpha value is -1.76. The van der Waals surface area contributed by atoms with E-state index in [1.54, 1.807) is 25.1 Å². The Balaban J connectivity index is 1.74. The SMILES string of the molecule is CCc1ccc(OCC(=O)N(Cc2ccc(Cl)c(Cl)c2)[C@H](C)C(=O)NC2CCCC2)c(Br)c1. The summed E-state index contributed by atoms with van der Waals surface area (Å²) in [5.74, 6) is 0.128. The molecule has 1 fully saturated rings. The van der Waals surface area contributed by atoms with Crippen LogP contribution in [0.25, 0.3) is 0 Å². The molecule has 5 nitrogen and oxygen atoms in total. The molecule has 2 aromatic carbocycles. The van der Waals surface area contributed by atoms with Crippen molar-refractivity contribution in [2.24, 2.45) is 0 Å². The number of hydrogen-bond donors (Lipinski definition) is 1. The van der Waals surface area contributed by atoms with Crippen LogP contribution >= 0.6 is 39.1 Å². The van der Waals surface area contributed by atoms with Gasteiger partial charge in [0, 0.05) is 12.6 Å². The lowest BCUT2D eigenvalue weighted by Gasteiger charge is -2.30. The smallest absolute Gasteiger partial charge is 0.261 e. The van der Waals surface area contributed by atoms with Crippen LogP contribution < -0.4 is 10.1 Å². The molecule has 0 radical (unpaired) electrons. The molecule has 0 saturated heterocycles. The highest BCUT2D eigenvalue weighted by atomic mass is 79.9. The lowest BCUT2D eigenvalue weighted by molar-refractivity contribution is -0.142. The molecule has 178 valence electrons. The lowest BCUT2D eigenvalue weighted by atomic mass is 10.1. The minimum absolute atomic E-state index is 0.163. The molecule has 2 amide bonds. The standard InChI is InChI=1S/C25H29BrCl2N2O3/c1-3-17-9-11-23(20(26)12-17)33-15-24(31)30(14-18-8-10-21(27)22(28)13-18)16(2)25(32)29-19-6-4-5-7-19/h8-13,16,19H,3-7,14-15H2,1-2H3,(H,29,32)/t16-/m1/s1. The van der Waals surface area contributed by atoms with Crippen LogP contribution in [0.1, 0.15) is 50.7 Å². The van der Waals surface area contributed by atoms with Crippen molar-refractivity contribution in [2.75, 3.05) is 6.61 Å². The van der Waals surface area contributed by atoms with Crippen LogP contribution in [-0.4, -0.2) is 35.4 Å². The maximum Gasteiger partial charge on any atom is 0.261 e. The summed E-state index contributed by atoms with van der Waals surface area (Å²) < 4.78 is 6.60. The van der Waals surface area contributed by atoms with Crippen molar-refractivity contribution in [3.8, 4) is 5.75 Å². The second-order valence-electron chi connectivity index (χ2n) is 8.34. The average molecular weight is 556 g/mol. The Kier molecular flexibility index (Phi) is 9.47. The molecular formula is C25H29BrCl2N2O3. The second kappa shape index (κ2) is 12.1. The fourth-order valence-electron chi connectivity index (χ4n) is 3.91. The highest BCUT2D eigenvalue weighted by molar-refractivity contribution is 9.10. The van der Waals surface area contributed by atoms with E-state index in [1.165, 1.54) is 10.5 Å². The second-order valence-corrected chi connectivity index (χ2v) is 10.0. The number of carbonyl (C=O) groups excluding carboxylic acids is 2. The fraction of sp³-hybridized carbons (Fsp3) is 0.440. The first-order chi connectivity index (χ1) is 15.8. The molecule has 0 spiro atoms. The van der Waals surface area contributed by atoms with E-state index in [-0.39, 0.29) is 31.0 Å². The molecule has 1 aliphatic rings. The monoisotopic (exact) mass is 554 g/mol. The maximum absolute atomic E-state index is 13.2. The number of benzene rings is 2. The predicted octanol–water partition coefficient (Wildman–Crippen LogP) is 6.17. The van der Waals surface area contributed by atoms with E-state index in [2.05, 4.69) is 28.2 Å². The van der Waals surface area contributed by atoms with Crippen molar-refractivity contribution >= 4 is 50.9 Å². The zero-order valence-electron chi connectivity index (χ0n) is 18.9. The molecule has 0 heterocycles. The summed E-state index contributed by atoms with van der Waals surface area (Å²) in [6.07, 6.45) is 5.09. The minimum Gasteiger partial charge on any atom is -0.483 e. The quantitative estimate of drug-likeness (QED) is 0.402. The number of nitrogens with one attached hydrogen (secondary N) is 1. The first-order valence-corrected chi connectivity index (χ1v) is 12.8. The van der Waals surface area contributed by atoms with E-state index in [9.17, 15) is 9.59 Å². The molecule has 33 heavy (non-hydrogen) atoms. The van der Waals surface area contributed by atoms with Crippen molar-refractivity contribution in [3.05, 3.63) is 62.0 Å². The van der Waals surface area contributed by atoms with Crippen LogP contribution in [0.2, 0.25) is 10.0 Å². The summed E-state index contributed by atoms with van der Waals surface area (Å²) in [6, 6.07) is 10.5. The van der Waals surface area contributed by atoms with Gasteiger partial charge < -0.3 is 15.0 Å². The van der Waals surface area contributed by atoms with Crippen molar-refractivity contribution in [1.29, 1.82) is 0 Å². The molecular weight excluding hydrogens is 527 g/mol. The van der Waals surface area contributed by atoms with Crippen LogP contribution in [0.5, 0.6) is 5.75 Å². The van der Waals surface area contributed by atoms with E-state index >= 15 is 0 Å². The third-order valence-corrected chi connectivity index (χ3v) is 7.32. The molecule has 2 aromatic rings. The third kappa shape index (κ3) is 7.11. The van der Waals surface area contributed by atoms with Gasteiger partial charge in [-0.25, -0.2) is 0 Å². The molecule has 0 aliphatic heterocycles. The summed E-state index contributed by atoms with van der Waals surface area (Å²) >= 11 is 15.7. The molecule has 3 rings (SSSR count). The molecule has 1 aliphatic carbocycles. The Morgan fingerprint density at radius 1 is 1.12 bits per heavy atom. The predicted molar refractivity (Wildman–Crippen MR) is 136 cm³/mol. The maximum atomic E-state index is 13.2. The minimum atomic E-state index is -0.665. The van der Waals surface area contributed by atoms with E-state index < -0.39 is 6.04 Å². The van der Waals surface area contributed by atoms with Crippen LogP contribution in [0, 0.1) is 0 Å². The first-order valence-electron chi connectivity index (χ1n) is 11.2. The number of nitrogens with zero attached hydrogens (tertiary/aromatic N) is 1. The zero-order valence-corrected chi connectivity index (χ0v) is 22.0. The van der Waals surface area contributed by atoms with Gasteiger partial charge >= 0.3 is 0 Å². The van der Waals surface area contributed by atoms with Gasteiger partial charge in [0.05, 0.1) is 14.5 Å². The third-order valence-electron chi connectivity index (χ3n) is 5.96. The molecule has 1 saturated carbocycles. The fourth-order valence-corrected chi connectivity index (χ4v) is 4.77. The normalized spacial score (nSPS) is 14.7. The van der Waals surface area contributed by atoms with Crippen molar-refractivity contribution in [2.45, 2.75) is 64.6 Å². The van der Waals surface area contributed by atoms with Gasteiger partial charge in [-0.2, -0.15) is 0 Å². The molecule has 1 N–H and O–H groups in total. The average Bonchev–Trinajstić information content (AvgIpc) is 3.31. The number of carbonyl (C=O) groups is 2. The number of hydrogen-bond acceptors (Lipinski definition) is 3. The number of halogens is 3. The van der Waals surface area contributed by atoms with Crippen LogP contribution in [-0.2, 0) is 22.6 Å². The zero-order chi connectivity index (χ0) is 24.0. The van der Waals surface area contributed by atoms with Gasteiger partial charge in [0.25, 0.3) is 5.91 Å². The Bertz CT molecular complexity index is 996. The van der Waals surface area contributed by atoms with Gasteiger partial charge in [0.1, 0.15) is 11.8 Å². The van der Waals surface area contributed by atoms with Gasteiger partial charge in [0.15, 0.2) is 6.61 Å². The molecule has 0 aromatic heterocycles. The Morgan fingerprint density at radius 3 is 2.45 bits per heavy atom. The van der Waals surface area contributed by atoms with Crippen LogP contribution in [0.4, 0.5) is 0 Å². The highest BCUT2D eigenvalue weighted by Crippen LogP contribution is 2.27. The van der Waals surface area contributed by atoms with Gasteiger partial charge in [-0.3, -0.25) is 9.59 Å². The number of rotatable bonds is 9. The number of aryl methyl sites for hydroxylation is 1. The summed E-state index contributed by atoms with van der Waals surface area (Å²) in [5.41, 5.74) is 1.95. The van der Waals surface area contributed by atoms with Gasteiger partial charge in [-0.1, -0.05) is 55.1 Å². The van der Waals surface area contributed by atoms with E-state index in [0.29, 0.717) is 15.8 Å². The van der Waals surface area contributed by atoms with Gasteiger partial charge in [-0.15, -0.1) is 0 Å². The molecule has 0 bridgehead atoms. The number of amides is 2. The summed E-state index contributed by atoms with van der Waals surface area (Å²) in [5, 5.41) is 3.93. The largest absolute Gasteiger partial charge is 0.483 e. The van der Waals surface area contributed by atoms with Crippen LogP contribution in [0.15, 0.2) is 40.9 Å². The van der Waals surface area contributed by atoms with E-state index in [4.69, 9.17) is 27.9 Å². The van der Waals surface area contributed by atoms with E-state index in [1.807, 2.05) is 18.2 Å². The summed E-state index contributed by atoms with van der Waals surface area (Å²) in [6.45, 7) is 3.84. The summed E-state index contributed by atoms with van der Waals surface area (Å²) in [4.78, 5) is 27.7. The Labute approximate surface area is 213 Å². The van der Waals surface area contributed by atoms with Gasteiger partial charge in [0.2, 0.25) is 5.91 Å². The van der Waals surface area contributed by atoms with Gasteiger partial charge in [-0.05, 0) is 77.5 Å². The van der Waals surface area contributed by atoms with Crippen molar-refractivity contribution < 1.29 is 14.3 Å². The Morgan fingerprint density at radius 2 is 1.82 bits per heavy atom. The molecule has 8 heteroatoms. The van der Waals surface area contributed by atoms with Crippen molar-refractivity contribution in [1.82, 2.24) is 10.2 Å². The topological polar surface area (TPSA) is 58.6 Å². The van der Waals surface area contributed by atoms with Crippen LogP contribution in [0.3, 0.4) is 0 Å². The summed E-state index contributed by atoms with van der Waals surface area (Å²) in [7, 11) is 0. The lowest BCUT2D eigenvalue weighted by Crippen LogP contribution is -2.50. The molecule has 0 unspecified atom stereocenters. The highest BCUT2D eigenvalue weighted by Gasteiger charge is 2.29. The van der Waals surface area contributed by atoms with Crippen molar-refractivity contribution in [3.63, 3.8) is 0 Å². The first kappa shape index (κ1) is 25.9. The molecule has 1 atom stereocenters. The van der Waals surface area contributed by atoms with E-state index in [0.717, 1.165) is 42.1 Å².